The maximum atomic E-state index is 12.4. The molecule has 0 fully saturated rings. The Labute approximate surface area is 74.1 Å². The molecule has 0 amide bonds. The number of hydrogen-bond acceptors (Lipinski definition) is 1. The summed E-state index contributed by atoms with van der Waals surface area (Å²) < 4.78 is 38.7. The van der Waals surface area contributed by atoms with Crippen molar-refractivity contribution in [1.29, 1.82) is 0 Å². The molecule has 0 aliphatic heterocycles. The van der Waals surface area contributed by atoms with E-state index in [4.69, 9.17) is 5.73 Å². The van der Waals surface area contributed by atoms with Gasteiger partial charge in [0.25, 0.3) is 0 Å². The highest BCUT2D eigenvalue weighted by Gasteiger charge is 2.50. The molecule has 1 rings (SSSR count). The average molecular weight is 192 g/mol. The normalized spacial score (nSPS) is 17.1. The fraction of sp³-hybridized carbons (Fsp3) is 0.500. The van der Waals surface area contributed by atoms with Gasteiger partial charge in [-0.05, 0) is 19.1 Å². The van der Waals surface area contributed by atoms with E-state index in [0.29, 0.717) is 0 Å². The minimum atomic E-state index is -4.43. The Hall–Kier alpha value is -0.970. The summed E-state index contributed by atoms with van der Waals surface area (Å²) in [5.41, 5.74) is 2.98. The second-order valence-corrected chi connectivity index (χ2v) is 3.20. The lowest BCUT2D eigenvalue weighted by Gasteiger charge is -2.28. The molecule has 0 spiro atoms. The summed E-state index contributed by atoms with van der Waals surface area (Å²) in [4.78, 5) is 0. The number of aromatic nitrogens is 1. The van der Waals surface area contributed by atoms with E-state index in [1.165, 1.54) is 29.9 Å². The predicted molar refractivity (Wildman–Crippen MR) is 43.0 cm³/mol. The van der Waals surface area contributed by atoms with Gasteiger partial charge in [-0.2, -0.15) is 13.2 Å². The monoisotopic (exact) mass is 192 g/mol. The first-order valence-electron chi connectivity index (χ1n) is 3.74. The molecule has 0 aromatic carbocycles. The van der Waals surface area contributed by atoms with Gasteiger partial charge in [-0.25, -0.2) is 0 Å². The molecule has 0 aliphatic rings. The molecular formula is C8H11F3N2. The van der Waals surface area contributed by atoms with Crippen molar-refractivity contribution in [2.45, 2.75) is 18.6 Å². The van der Waals surface area contributed by atoms with E-state index in [9.17, 15) is 13.2 Å². The smallest absolute Gasteiger partial charge is 0.353 e. The summed E-state index contributed by atoms with van der Waals surface area (Å²) in [6, 6.07) is 2.90. The van der Waals surface area contributed by atoms with Gasteiger partial charge in [-0.3, -0.25) is 0 Å². The maximum Gasteiger partial charge on any atom is 0.411 e. The fourth-order valence-electron chi connectivity index (χ4n) is 1.15. The van der Waals surface area contributed by atoms with Crippen molar-refractivity contribution in [2.75, 3.05) is 0 Å². The first-order chi connectivity index (χ1) is 5.77. The lowest BCUT2D eigenvalue weighted by molar-refractivity contribution is -0.185. The number of nitrogens with two attached hydrogens (primary N) is 1. The molecule has 0 bridgehead atoms. The van der Waals surface area contributed by atoms with Gasteiger partial charge >= 0.3 is 6.18 Å². The van der Waals surface area contributed by atoms with Crippen LogP contribution in [0.15, 0.2) is 18.3 Å². The Bertz CT molecular complexity index is 299. The lowest BCUT2D eigenvalue weighted by Crippen LogP contribution is -2.48. The maximum absolute atomic E-state index is 12.4. The summed E-state index contributed by atoms with van der Waals surface area (Å²) in [6.45, 7) is 0.961. The third kappa shape index (κ3) is 1.56. The summed E-state index contributed by atoms with van der Waals surface area (Å²) >= 11 is 0. The Kier molecular flexibility index (Phi) is 2.15. The minimum absolute atomic E-state index is 0.0556. The fourth-order valence-corrected chi connectivity index (χ4v) is 1.15. The van der Waals surface area contributed by atoms with E-state index in [1.807, 2.05) is 0 Å². The van der Waals surface area contributed by atoms with E-state index in [1.54, 1.807) is 0 Å². The van der Waals surface area contributed by atoms with Crippen molar-refractivity contribution in [3.8, 4) is 0 Å². The van der Waals surface area contributed by atoms with E-state index < -0.39 is 11.7 Å². The third-order valence-electron chi connectivity index (χ3n) is 2.06. The number of rotatable bonds is 1. The molecule has 2 N–H and O–H groups in total. The average Bonchev–Trinajstić information content (AvgIpc) is 2.32. The predicted octanol–water partition coefficient (Wildman–Crippen LogP) is 1.76. The van der Waals surface area contributed by atoms with Gasteiger partial charge in [0.15, 0.2) is 5.54 Å². The van der Waals surface area contributed by atoms with E-state index in [-0.39, 0.29) is 5.69 Å². The SMILES string of the molecule is Cn1cccc1[C@@](C)(N)C(F)(F)F. The largest absolute Gasteiger partial charge is 0.411 e. The molecule has 1 atom stereocenters. The van der Waals surface area contributed by atoms with Crippen molar-refractivity contribution in [3.63, 3.8) is 0 Å². The number of alkyl halides is 3. The summed E-state index contributed by atoms with van der Waals surface area (Å²) in [5, 5.41) is 0. The number of hydrogen-bond donors (Lipinski definition) is 1. The highest BCUT2D eigenvalue weighted by atomic mass is 19.4. The molecule has 0 radical (unpaired) electrons. The van der Waals surface area contributed by atoms with Gasteiger partial charge in [0, 0.05) is 18.9 Å². The molecule has 1 aromatic rings. The van der Waals surface area contributed by atoms with E-state index >= 15 is 0 Å². The molecule has 0 saturated carbocycles. The summed E-state index contributed by atoms with van der Waals surface area (Å²) in [6.07, 6.45) is -2.90. The van der Waals surface area contributed by atoms with E-state index in [0.717, 1.165) is 6.92 Å². The second kappa shape index (κ2) is 2.77. The Morgan fingerprint density at radius 1 is 1.38 bits per heavy atom. The zero-order valence-corrected chi connectivity index (χ0v) is 7.39. The zero-order chi connectivity index (χ0) is 10.3. The van der Waals surface area contributed by atoms with Crippen LogP contribution in [0.3, 0.4) is 0 Å². The zero-order valence-electron chi connectivity index (χ0n) is 7.39. The summed E-state index contributed by atoms with van der Waals surface area (Å²) in [5.74, 6) is 0. The molecule has 2 nitrogen and oxygen atoms in total. The molecule has 0 aliphatic carbocycles. The number of nitrogens with zero attached hydrogens (tertiary/aromatic N) is 1. The molecule has 0 saturated heterocycles. The highest BCUT2D eigenvalue weighted by molar-refractivity contribution is 5.18. The molecule has 74 valence electrons. The quantitative estimate of drug-likeness (QED) is 0.722. The first-order valence-corrected chi connectivity index (χ1v) is 3.74. The molecule has 13 heavy (non-hydrogen) atoms. The second-order valence-electron chi connectivity index (χ2n) is 3.20. The van der Waals surface area contributed by atoms with Gasteiger partial charge in [-0.1, -0.05) is 0 Å². The van der Waals surface area contributed by atoms with Crippen molar-refractivity contribution >= 4 is 0 Å². The lowest BCUT2D eigenvalue weighted by atomic mass is 9.99. The standard InChI is InChI=1S/C8H11F3N2/c1-7(12,8(9,10)11)6-4-3-5-13(6)2/h3-5H,12H2,1-2H3/t7-/m1/s1. The summed E-state index contributed by atoms with van der Waals surface area (Å²) in [7, 11) is 1.53. The van der Waals surface area contributed by atoms with Gasteiger partial charge in [-0.15, -0.1) is 0 Å². The van der Waals surface area contributed by atoms with Gasteiger partial charge in [0.05, 0.1) is 0 Å². The van der Waals surface area contributed by atoms with Gasteiger partial charge in [0.1, 0.15) is 0 Å². The van der Waals surface area contributed by atoms with Crippen LogP contribution >= 0.6 is 0 Å². The Morgan fingerprint density at radius 3 is 2.23 bits per heavy atom. The molecule has 1 heterocycles. The molecule has 5 heteroatoms. The minimum Gasteiger partial charge on any atom is -0.353 e. The molecule has 0 unspecified atom stereocenters. The van der Waals surface area contributed by atoms with Crippen molar-refractivity contribution in [2.24, 2.45) is 12.8 Å². The van der Waals surface area contributed by atoms with Crippen LogP contribution in [0.5, 0.6) is 0 Å². The Balaban J connectivity index is 3.15. The molecular weight excluding hydrogens is 181 g/mol. The van der Waals surface area contributed by atoms with Crippen LogP contribution in [0.25, 0.3) is 0 Å². The topological polar surface area (TPSA) is 30.9 Å². The van der Waals surface area contributed by atoms with Gasteiger partial charge < -0.3 is 10.3 Å². The number of aryl methyl sites for hydroxylation is 1. The van der Waals surface area contributed by atoms with Crippen molar-refractivity contribution in [3.05, 3.63) is 24.0 Å². The van der Waals surface area contributed by atoms with Crippen LogP contribution in [0.4, 0.5) is 13.2 Å². The third-order valence-corrected chi connectivity index (χ3v) is 2.06. The van der Waals surface area contributed by atoms with Crippen molar-refractivity contribution in [1.82, 2.24) is 4.57 Å². The van der Waals surface area contributed by atoms with Crippen LogP contribution in [0, 0.1) is 0 Å². The van der Waals surface area contributed by atoms with Crippen LogP contribution in [0.2, 0.25) is 0 Å². The van der Waals surface area contributed by atoms with Crippen LogP contribution in [0.1, 0.15) is 12.6 Å². The van der Waals surface area contributed by atoms with Gasteiger partial charge in [0.2, 0.25) is 0 Å². The number of halogens is 3. The van der Waals surface area contributed by atoms with Crippen LogP contribution in [-0.4, -0.2) is 10.7 Å². The first kappa shape index (κ1) is 10.1. The van der Waals surface area contributed by atoms with Crippen LogP contribution < -0.4 is 5.73 Å². The Morgan fingerprint density at radius 2 is 1.92 bits per heavy atom. The molecule has 1 aromatic heterocycles. The highest BCUT2D eigenvalue weighted by Crippen LogP contribution is 2.35. The van der Waals surface area contributed by atoms with E-state index in [2.05, 4.69) is 0 Å². The van der Waals surface area contributed by atoms with Crippen molar-refractivity contribution < 1.29 is 13.2 Å². The van der Waals surface area contributed by atoms with Crippen LogP contribution in [-0.2, 0) is 12.6 Å².